The number of nitrogens with two attached hydrogens (primary N) is 1. The predicted octanol–water partition coefficient (Wildman–Crippen LogP) is 3.38. The van der Waals surface area contributed by atoms with E-state index in [4.69, 9.17) is 17.3 Å². The van der Waals surface area contributed by atoms with E-state index < -0.39 is 0 Å². The molecule has 3 aromatic rings. The zero-order chi connectivity index (χ0) is 13.2. The molecule has 0 saturated carbocycles. The molecule has 0 radical (unpaired) electrons. The first-order valence-corrected chi connectivity index (χ1v) is 6.58. The second-order valence-electron chi connectivity index (χ2n) is 4.42. The molecular weight excluding hydrogens is 258 g/mol. The molecule has 3 nitrogen and oxygen atoms in total. The van der Waals surface area contributed by atoms with Gasteiger partial charge in [-0.05, 0) is 36.7 Å². The van der Waals surface area contributed by atoms with Crippen LogP contribution >= 0.6 is 11.6 Å². The van der Waals surface area contributed by atoms with Gasteiger partial charge in [0.05, 0.1) is 16.2 Å². The Morgan fingerprint density at radius 1 is 1.21 bits per heavy atom. The van der Waals surface area contributed by atoms with Crippen LogP contribution in [-0.2, 0) is 6.42 Å². The molecule has 0 fully saturated rings. The quantitative estimate of drug-likeness (QED) is 0.767. The van der Waals surface area contributed by atoms with E-state index >= 15 is 0 Å². The fraction of sp³-hybridized carbons (Fsp3) is 0.133. The van der Waals surface area contributed by atoms with Crippen LogP contribution < -0.4 is 5.73 Å². The molecular formula is C15H14ClN3. The summed E-state index contributed by atoms with van der Waals surface area (Å²) in [6, 6.07) is 9.88. The molecule has 4 heteroatoms. The molecule has 0 bridgehead atoms. The van der Waals surface area contributed by atoms with Gasteiger partial charge in [0, 0.05) is 23.3 Å². The maximum atomic E-state index is 6.25. The topological polar surface area (TPSA) is 54.7 Å². The number of rotatable bonds is 3. The maximum absolute atomic E-state index is 6.25. The van der Waals surface area contributed by atoms with Crippen molar-refractivity contribution in [3.8, 4) is 11.3 Å². The van der Waals surface area contributed by atoms with Crippen LogP contribution in [0.15, 0.2) is 42.7 Å². The van der Waals surface area contributed by atoms with Gasteiger partial charge >= 0.3 is 0 Å². The number of fused-ring (bicyclic) bond motifs is 1. The monoisotopic (exact) mass is 271 g/mol. The minimum Gasteiger partial charge on any atom is -0.353 e. The van der Waals surface area contributed by atoms with Crippen LogP contribution in [0.3, 0.4) is 0 Å². The molecule has 0 saturated heterocycles. The predicted molar refractivity (Wildman–Crippen MR) is 79.3 cm³/mol. The molecule has 0 amide bonds. The van der Waals surface area contributed by atoms with Crippen LogP contribution in [0.1, 0.15) is 5.56 Å². The maximum Gasteiger partial charge on any atom is 0.0651 e. The molecule has 0 aliphatic heterocycles. The summed E-state index contributed by atoms with van der Waals surface area (Å²) >= 11 is 6.25. The lowest BCUT2D eigenvalue weighted by Gasteiger charge is -2.03. The minimum absolute atomic E-state index is 0.604. The van der Waals surface area contributed by atoms with Crippen molar-refractivity contribution in [1.29, 1.82) is 0 Å². The van der Waals surface area contributed by atoms with Gasteiger partial charge in [0.25, 0.3) is 0 Å². The molecule has 2 heterocycles. The number of hydrogen-bond acceptors (Lipinski definition) is 2. The number of halogens is 1. The van der Waals surface area contributed by atoms with Crippen molar-refractivity contribution in [1.82, 2.24) is 9.97 Å². The van der Waals surface area contributed by atoms with Crippen molar-refractivity contribution in [2.75, 3.05) is 6.54 Å². The summed E-state index contributed by atoms with van der Waals surface area (Å²) < 4.78 is 0. The summed E-state index contributed by atoms with van der Waals surface area (Å²) in [7, 11) is 0. The lowest BCUT2D eigenvalue weighted by Crippen LogP contribution is -2.03. The number of para-hydroxylation sites is 1. The highest BCUT2D eigenvalue weighted by Gasteiger charge is 2.14. The highest BCUT2D eigenvalue weighted by molar-refractivity contribution is 6.35. The van der Waals surface area contributed by atoms with Crippen LogP contribution in [0.2, 0.25) is 5.02 Å². The van der Waals surface area contributed by atoms with Crippen LogP contribution in [0, 0.1) is 0 Å². The largest absolute Gasteiger partial charge is 0.353 e. The second kappa shape index (κ2) is 5.03. The lowest BCUT2D eigenvalue weighted by atomic mass is 10.0. The van der Waals surface area contributed by atoms with Crippen LogP contribution in [0.5, 0.6) is 0 Å². The summed E-state index contributed by atoms with van der Waals surface area (Å²) in [5, 5.41) is 1.86. The molecule has 19 heavy (non-hydrogen) atoms. The van der Waals surface area contributed by atoms with Gasteiger partial charge in [0.2, 0.25) is 0 Å². The Morgan fingerprint density at radius 3 is 2.84 bits per heavy atom. The summed E-state index contributed by atoms with van der Waals surface area (Å²) in [6.45, 7) is 0.604. The fourth-order valence-corrected chi connectivity index (χ4v) is 2.62. The molecule has 0 aliphatic rings. The standard InChI is InChI=1S/C15H14ClN3/c16-13-5-1-4-11-12(6-7-17)14(19-15(11)13)10-3-2-8-18-9-10/h1-5,8-9,19H,6-7,17H2. The Kier molecular flexibility index (Phi) is 3.23. The van der Waals surface area contributed by atoms with Crippen LogP contribution in [0.25, 0.3) is 22.2 Å². The average Bonchev–Trinajstić information content (AvgIpc) is 2.81. The molecule has 3 rings (SSSR count). The van der Waals surface area contributed by atoms with E-state index in [-0.39, 0.29) is 0 Å². The molecule has 1 aromatic carbocycles. The van der Waals surface area contributed by atoms with E-state index in [0.29, 0.717) is 6.54 Å². The van der Waals surface area contributed by atoms with E-state index in [1.807, 2.05) is 30.5 Å². The number of benzene rings is 1. The first-order valence-electron chi connectivity index (χ1n) is 6.21. The number of hydrogen-bond donors (Lipinski definition) is 2. The van der Waals surface area contributed by atoms with Crippen molar-refractivity contribution in [3.63, 3.8) is 0 Å². The fourth-order valence-electron chi connectivity index (χ4n) is 2.40. The van der Waals surface area contributed by atoms with Gasteiger partial charge in [-0.15, -0.1) is 0 Å². The van der Waals surface area contributed by atoms with Gasteiger partial charge in [-0.1, -0.05) is 23.7 Å². The third-order valence-electron chi connectivity index (χ3n) is 3.24. The Labute approximate surface area is 116 Å². The minimum atomic E-state index is 0.604. The number of nitrogens with zero attached hydrogens (tertiary/aromatic N) is 1. The normalized spacial score (nSPS) is 11.1. The number of H-pyrrole nitrogens is 1. The van der Waals surface area contributed by atoms with Crippen LogP contribution in [-0.4, -0.2) is 16.5 Å². The summed E-state index contributed by atoms with van der Waals surface area (Å²) in [4.78, 5) is 7.58. The van der Waals surface area contributed by atoms with E-state index in [1.165, 1.54) is 5.56 Å². The van der Waals surface area contributed by atoms with Gasteiger partial charge in [-0.2, -0.15) is 0 Å². The first-order chi connectivity index (χ1) is 9.31. The van der Waals surface area contributed by atoms with Crippen molar-refractivity contribution in [2.24, 2.45) is 5.73 Å². The molecule has 0 spiro atoms. The molecule has 0 atom stereocenters. The Morgan fingerprint density at radius 2 is 2.11 bits per heavy atom. The third kappa shape index (κ3) is 2.11. The summed E-state index contributed by atoms with van der Waals surface area (Å²) in [5.41, 5.74) is 10.0. The summed E-state index contributed by atoms with van der Waals surface area (Å²) in [6.07, 6.45) is 4.42. The van der Waals surface area contributed by atoms with Gasteiger partial charge in [0.15, 0.2) is 0 Å². The second-order valence-corrected chi connectivity index (χ2v) is 4.83. The van der Waals surface area contributed by atoms with Gasteiger partial charge in [0.1, 0.15) is 0 Å². The molecule has 0 unspecified atom stereocenters. The molecule has 3 N–H and O–H groups in total. The van der Waals surface area contributed by atoms with E-state index in [9.17, 15) is 0 Å². The zero-order valence-corrected chi connectivity index (χ0v) is 11.1. The molecule has 2 aromatic heterocycles. The van der Waals surface area contributed by atoms with Gasteiger partial charge < -0.3 is 10.7 Å². The first kappa shape index (κ1) is 12.2. The highest BCUT2D eigenvalue weighted by atomic mass is 35.5. The highest BCUT2D eigenvalue weighted by Crippen LogP contribution is 2.33. The van der Waals surface area contributed by atoms with Crippen molar-refractivity contribution in [3.05, 3.63) is 53.3 Å². The lowest BCUT2D eigenvalue weighted by molar-refractivity contribution is 0.978. The number of pyridine rings is 1. The Balaban J connectivity index is 2.29. The third-order valence-corrected chi connectivity index (χ3v) is 3.55. The van der Waals surface area contributed by atoms with Gasteiger partial charge in [-0.3, -0.25) is 4.98 Å². The number of nitrogens with one attached hydrogen (secondary N) is 1. The smallest absolute Gasteiger partial charge is 0.0651 e. The van der Waals surface area contributed by atoms with Crippen molar-refractivity contribution >= 4 is 22.5 Å². The van der Waals surface area contributed by atoms with Crippen molar-refractivity contribution < 1.29 is 0 Å². The Hall–Kier alpha value is -1.84. The Bertz CT molecular complexity index is 704. The van der Waals surface area contributed by atoms with Crippen LogP contribution in [0.4, 0.5) is 0 Å². The van der Waals surface area contributed by atoms with Crippen molar-refractivity contribution in [2.45, 2.75) is 6.42 Å². The SMILES string of the molecule is NCCc1c(-c2cccnc2)[nH]c2c(Cl)cccc12. The summed E-state index contributed by atoms with van der Waals surface area (Å²) in [5.74, 6) is 0. The number of aromatic nitrogens is 2. The van der Waals surface area contributed by atoms with Gasteiger partial charge in [-0.25, -0.2) is 0 Å². The molecule has 96 valence electrons. The number of aromatic amines is 1. The van der Waals surface area contributed by atoms with E-state index in [0.717, 1.165) is 33.6 Å². The zero-order valence-electron chi connectivity index (χ0n) is 10.4. The van der Waals surface area contributed by atoms with E-state index in [2.05, 4.69) is 16.0 Å². The van der Waals surface area contributed by atoms with E-state index in [1.54, 1.807) is 6.20 Å². The molecule has 0 aliphatic carbocycles. The average molecular weight is 272 g/mol.